The molecular weight excluding hydrogens is 144 g/mol. The molecule has 0 aliphatic heterocycles. The van der Waals surface area contributed by atoms with Crippen LogP contribution in [0.3, 0.4) is 0 Å². The van der Waals surface area contributed by atoms with Crippen molar-refractivity contribution in [2.45, 2.75) is 54.9 Å². The van der Waals surface area contributed by atoms with E-state index in [9.17, 15) is 0 Å². The molecular formula is C12H26. The van der Waals surface area contributed by atoms with Crippen LogP contribution in [0.4, 0.5) is 0 Å². The maximum absolute atomic E-state index is 2.34. The van der Waals surface area contributed by atoms with Crippen molar-refractivity contribution < 1.29 is 0 Å². The van der Waals surface area contributed by atoms with Gasteiger partial charge in [-0.05, 0) is 29.6 Å². The van der Waals surface area contributed by atoms with Crippen LogP contribution in [0.2, 0.25) is 0 Å². The zero-order valence-electron chi connectivity index (χ0n) is 9.94. The standard InChI is InChI=1S/C12H26/c1-9(2)11(10(3)4)8-12(5,6)7/h9-11H,8H2,1-7H3. The number of hydrogen-bond donors (Lipinski definition) is 0. The molecule has 0 aliphatic rings. The van der Waals surface area contributed by atoms with Crippen LogP contribution >= 0.6 is 0 Å². The first-order valence-electron chi connectivity index (χ1n) is 5.24. The van der Waals surface area contributed by atoms with Gasteiger partial charge in [0.1, 0.15) is 0 Å². The topological polar surface area (TPSA) is 0 Å². The highest BCUT2D eigenvalue weighted by atomic mass is 14.3. The summed E-state index contributed by atoms with van der Waals surface area (Å²) in [6.45, 7) is 16.4. The minimum atomic E-state index is 0.485. The second-order valence-electron chi connectivity index (χ2n) is 5.92. The molecule has 0 heterocycles. The van der Waals surface area contributed by atoms with Crippen molar-refractivity contribution >= 4 is 0 Å². The van der Waals surface area contributed by atoms with Crippen LogP contribution in [0.5, 0.6) is 0 Å². The minimum absolute atomic E-state index is 0.485. The predicted molar refractivity (Wildman–Crippen MR) is 57.2 cm³/mol. The molecule has 0 spiro atoms. The van der Waals surface area contributed by atoms with Crippen LogP contribution in [0.25, 0.3) is 0 Å². The van der Waals surface area contributed by atoms with Gasteiger partial charge in [-0.2, -0.15) is 0 Å². The maximum Gasteiger partial charge on any atom is -0.0363 e. The van der Waals surface area contributed by atoms with Crippen LogP contribution in [0.15, 0.2) is 0 Å². The van der Waals surface area contributed by atoms with Crippen LogP contribution in [0, 0.1) is 23.2 Å². The molecule has 0 rings (SSSR count). The van der Waals surface area contributed by atoms with Crippen molar-refractivity contribution in [2.75, 3.05) is 0 Å². The van der Waals surface area contributed by atoms with Gasteiger partial charge in [-0.25, -0.2) is 0 Å². The zero-order chi connectivity index (χ0) is 9.94. The third-order valence-electron chi connectivity index (χ3n) is 2.56. The van der Waals surface area contributed by atoms with E-state index in [1.54, 1.807) is 0 Å². The molecule has 0 saturated heterocycles. The van der Waals surface area contributed by atoms with E-state index in [4.69, 9.17) is 0 Å². The summed E-state index contributed by atoms with van der Waals surface area (Å²) in [5.41, 5.74) is 0.485. The monoisotopic (exact) mass is 170 g/mol. The van der Waals surface area contributed by atoms with Crippen molar-refractivity contribution in [3.05, 3.63) is 0 Å². The molecule has 0 nitrogen and oxygen atoms in total. The maximum atomic E-state index is 2.34. The van der Waals surface area contributed by atoms with Gasteiger partial charge in [-0.15, -0.1) is 0 Å². The van der Waals surface area contributed by atoms with Gasteiger partial charge >= 0.3 is 0 Å². The fourth-order valence-electron chi connectivity index (χ4n) is 1.95. The minimum Gasteiger partial charge on any atom is -0.0625 e. The Morgan fingerprint density at radius 1 is 0.833 bits per heavy atom. The Hall–Kier alpha value is 0. The fraction of sp³-hybridized carbons (Fsp3) is 1.00. The molecule has 0 radical (unpaired) electrons. The van der Waals surface area contributed by atoms with E-state index in [1.807, 2.05) is 0 Å². The molecule has 0 bridgehead atoms. The summed E-state index contributed by atoms with van der Waals surface area (Å²) in [6, 6.07) is 0. The molecule has 0 amide bonds. The van der Waals surface area contributed by atoms with Crippen molar-refractivity contribution in [1.82, 2.24) is 0 Å². The van der Waals surface area contributed by atoms with Gasteiger partial charge in [-0.3, -0.25) is 0 Å². The SMILES string of the molecule is CC(C)C(CC(C)(C)C)C(C)C. The largest absolute Gasteiger partial charge is 0.0625 e. The normalized spacial score (nSPS) is 13.5. The molecule has 0 saturated carbocycles. The number of hydrogen-bond acceptors (Lipinski definition) is 0. The van der Waals surface area contributed by atoms with Gasteiger partial charge in [0.25, 0.3) is 0 Å². The Kier molecular flexibility index (Phi) is 4.30. The Morgan fingerprint density at radius 2 is 1.17 bits per heavy atom. The Labute approximate surface area is 78.8 Å². The molecule has 12 heavy (non-hydrogen) atoms. The summed E-state index contributed by atoms with van der Waals surface area (Å²) < 4.78 is 0. The van der Waals surface area contributed by atoms with E-state index >= 15 is 0 Å². The van der Waals surface area contributed by atoms with E-state index in [0.29, 0.717) is 5.41 Å². The molecule has 74 valence electrons. The zero-order valence-corrected chi connectivity index (χ0v) is 9.94. The van der Waals surface area contributed by atoms with Gasteiger partial charge in [0.05, 0.1) is 0 Å². The van der Waals surface area contributed by atoms with Gasteiger partial charge < -0.3 is 0 Å². The van der Waals surface area contributed by atoms with Gasteiger partial charge in [0.2, 0.25) is 0 Å². The van der Waals surface area contributed by atoms with Crippen LogP contribution in [-0.4, -0.2) is 0 Å². The van der Waals surface area contributed by atoms with Crippen molar-refractivity contribution in [1.29, 1.82) is 0 Å². The van der Waals surface area contributed by atoms with Crippen molar-refractivity contribution in [3.8, 4) is 0 Å². The van der Waals surface area contributed by atoms with E-state index in [2.05, 4.69) is 48.5 Å². The van der Waals surface area contributed by atoms with Crippen LogP contribution in [0.1, 0.15) is 54.9 Å². The molecule has 0 aliphatic carbocycles. The highest BCUT2D eigenvalue weighted by molar-refractivity contribution is 4.73. The highest BCUT2D eigenvalue weighted by Gasteiger charge is 2.23. The highest BCUT2D eigenvalue weighted by Crippen LogP contribution is 2.33. The van der Waals surface area contributed by atoms with Crippen LogP contribution in [-0.2, 0) is 0 Å². The van der Waals surface area contributed by atoms with E-state index in [0.717, 1.165) is 17.8 Å². The lowest BCUT2D eigenvalue weighted by Gasteiger charge is -2.31. The third kappa shape index (κ3) is 4.79. The molecule has 0 aromatic heterocycles. The quantitative estimate of drug-likeness (QED) is 0.590. The summed E-state index contributed by atoms with van der Waals surface area (Å²) in [5, 5.41) is 0. The lowest BCUT2D eigenvalue weighted by Crippen LogP contribution is -2.22. The Balaban J connectivity index is 4.15. The van der Waals surface area contributed by atoms with Gasteiger partial charge in [0.15, 0.2) is 0 Å². The first-order chi connectivity index (χ1) is 5.24. The summed E-state index contributed by atoms with van der Waals surface area (Å²) in [6.07, 6.45) is 1.35. The molecule has 0 N–H and O–H groups in total. The lowest BCUT2D eigenvalue weighted by molar-refractivity contribution is 0.190. The Morgan fingerprint density at radius 3 is 1.25 bits per heavy atom. The summed E-state index contributed by atoms with van der Waals surface area (Å²) >= 11 is 0. The first kappa shape index (κ1) is 12.0. The predicted octanol–water partition coefficient (Wildman–Crippen LogP) is 4.35. The molecule has 0 fully saturated rings. The smallest absolute Gasteiger partial charge is 0.0363 e. The van der Waals surface area contributed by atoms with Crippen LogP contribution < -0.4 is 0 Å². The second kappa shape index (κ2) is 4.30. The van der Waals surface area contributed by atoms with E-state index < -0.39 is 0 Å². The lowest BCUT2D eigenvalue weighted by atomic mass is 9.74. The summed E-state index contributed by atoms with van der Waals surface area (Å²) in [7, 11) is 0. The molecule has 0 unspecified atom stereocenters. The molecule has 0 aromatic carbocycles. The molecule has 0 atom stereocenters. The summed E-state index contributed by atoms with van der Waals surface area (Å²) in [5.74, 6) is 2.53. The first-order valence-corrected chi connectivity index (χ1v) is 5.24. The average molecular weight is 170 g/mol. The van der Waals surface area contributed by atoms with Gasteiger partial charge in [0, 0.05) is 0 Å². The van der Waals surface area contributed by atoms with E-state index in [-0.39, 0.29) is 0 Å². The number of rotatable bonds is 3. The molecule has 0 aromatic rings. The fourth-order valence-corrected chi connectivity index (χ4v) is 1.95. The van der Waals surface area contributed by atoms with Crippen molar-refractivity contribution in [3.63, 3.8) is 0 Å². The third-order valence-corrected chi connectivity index (χ3v) is 2.56. The second-order valence-corrected chi connectivity index (χ2v) is 5.92. The Bertz CT molecular complexity index is 106. The summed E-state index contributed by atoms with van der Waals surface area (Å²) in [4.78, 5) is 0. The van der Waals surface area contributed by atoms with E-state index in [1.165, 1.54) is 6.42 Å². The van der Waals surface area contributed by atoms with Crippen molar-refractivity contribution in [2.24, 2.45) is 23.2 Å². The average Bonchev–Trinajstić information content (AvgIpc) is 1.79. The van der Waals surface area contributed by atoms with Gasteiger partial charge in [-0.1, -0.05) is 48.5 Å². The molecule has 0 heteroatoms.